The van der Waals surface area contributed by atoms with E-state index in [2.05, 4.69) is 249 Å². The first-order valence-electron chi connectivity index (χ1n) is 22.7. The van der Waals surface area contributed by atoms with Gasteiger partial charge in [0.15, 0.2) is 0 Å². The van der Waals surface area contributed by atoms with Gasteiger partial charge in [-0.25, -0.2) is 0 Å². The third kappa shape index (κ3) is 11.3. The third-order valence-electron chi connectivity index (χ3n) is 12.0. The molecule has 0 amide bonds. The van der Waals surface area contributed by atoms with E-state index in [1.165, 1.54) is 44.4 Å². The number of hydrogen-bond acceptors (Lipinski definition) is 2. The molecule has 2 nitrogen and oxygen atoms in total. The molecule has 1 unspecified atom stereocenters. The van der Waals surface area contributed by atoms with E-state index in [1.807, 2.05) is 30.5 Å². The molecule has 322 valence electrons. The van der Waals surface area contributed by atoms with E-state index in [9.17, 15) is 0 Å². The lowest BCUT2D eigenvalue weighted by molar-refractivity contribution is 0.716. The van der Waals surface area contributed by atoms with E-state index < -0.39 is 0 Å². The van der Waals surface area contributed by atoms with Gasteiger partial charge in [0, 0.05) is 29.0 Å². The zero-order chi connectivity index (χ0) is 45.5. The van der Waals surface area contributed by atoms with Gasteiger partial charge in [0.2, 0.25) is 0 Å². The van der Waals surface area contributed by atoms with Crippen LogP contribution in [-0.2, 0) is 0 Å². The molecule has 0 fully saturated rings. The molecule has 2 heteroatoms. The molecule has 0 saturated carbocycles. The van der Waals surface area contributed by atoms with Crippen LogP contribution in [0.4, 0.5) is 11.4 Å². The summed E-state index contributed by atoms with van der Waals surface area (Å²) >= 11 is 0. The van der Waals surface area contributed by atoms with E-state index in [0.29, 0.717) is 0 Å². The lowest BCUT2D eigenvalue weighted by atomic mass is 9.93. The van der Waals surface area contributed by atoms with Crippen LogP contribution in [0.15, 0.2) is 303 Å². The van der Waals surface area contributed by atoms with Gasteiger partial charge in [-0.1, -0.05) is 214 Å². The first-order valence-corrected chi connectivity index (χ1v) is 22.7. The van der Waals surface area contributed by atoms with Gasteiger partial charge in [0.05, 0.1) is 6.04 Å². The summed E-state index contributed by atoms with van der Waals surface area (Å²) in [6.07, 6.45) is 36.4. The van der Waals surface area contributed by atoms with Crippen molar-refractivity contribution in [2.45, 2.75) is 25.3 Å². The minimum absolute atomic E-state index is 0.250. The number of anilines is 2. The Kier molecular flexibility index (Phi) is 14.8. The van der Waals surface area contributed by atoms with Crippen molar-refractivity contribution in [3.8, 4) is 22.3 Å². The number of allylic oxidation sites excluding steroid dienone is 17. The molecule has 6 aromatic rings. The first-order chi connectivity index (χ1) is 32.4. The highest BCUT2D eigenvalue weighted by molar-refractivity contribution is 5.85. The Hall–Kier alpha value is -8.20. The van der Waals surface area contributed by atoms with Gasteiger partial charge >= 0.3 is 0 Å². The quantitative estimate of drug-likeness (QED) is 0.0844. The van der Waals surface area contributed by atoms with Crippen molar-refractivity contribution in [2.75, 3.05) is 9.80 Å². The number of fused-ring (bicyclic) bond motifs is 1. The normalized spacial score (nSPS) is 15.1. The average Bonchev–Trinajstić information content (AvgIpc) is 3.38. The van der Waals surface area contributed by atoms with Gasteiger partial charge < -0.3 is 9.80 Å². The predicted octanol–water partition coefficient (Wildman–Crippen LogP) is 17.1. The molecule has 66 heavy (non-hydrogen) atoms. The third-order valence-corrected chi connectivity index (χ3v) is 12.0. The van der Waals surface area contributed by atoms with Crippen molar-refractivity contribution in [3.05, 3.63) is 308 Å². The predicted molar refractivity (Wildman–Crippen MR) is 287 cm³/mol. The highest BCUT2D eigenvalue weighted by Crippen LogP contribution is 2.35. The van der Waals surface area contributed by atoms with Gasteiger partial charge in [-0.3, -0.25) is 0 Å². The maximum absolute atomic E-state index is 4.59. The molecule has 0 saturated heterocycles. The van der Waals surface area contributed by atoms with Crippen LogP contribution in [0, 0.1) is 0 Å². The molecule has 0 N–H and O–H groups in total. The minimum atomic E-state index is 0.250. The zero-order valence-corrected chi connectivity index (χ0v) is 37.6. The summed E-state index contributed by atoms with van der Waals surface area (Å²) in [4.78, 5) is 4.59. The number of benzene rings is 6. The van der Waals surface area contributed by atoms with Crippen molar-refractivity contribution >= 4 is 28.2 Å². The van der Waals surface area contributed by atoms with Crippen molar-refractivity contribution in [3.63, 3.8) is 0 Å². The zero-order valence-electron chi connectivity index (χ0n) is 37.6. The number of nitrogens with zero attached hydrogens (tertiary/aromatic N) is 2. The maximum atomic E-state index is 4.59. The van der Waals surface area contributed by atoms with Crippen LogP contribution in [-0.4, -0.2) is 6.04 Å². The van der Waals surface area contributed by atoms with Crippen molar-refractivity contribution in [2.24, 2.45) is 0 Å². The summed E-state index contributed by atoms with van der Waals surface area (Å²) in [5, 5.41) is 2.39. The summed E-state index contributed by atoms with van der Waals surface area (Å²) in [7, 11) is 0. The van der Waals surface area contributed by atoms with Crippen LogP contribution in [0.1, 0.15) is 24.8 Å². The van der Waals surface area contributed by atoms with Gasteiger partial charge in [-0.2, -0.15) is 0 Å². The molecule has 2 aliphatic rings. The van der Waals surface area contributed by atoms with Crippen LogP contribution in [0.3, 0.4) is 0 Å². The average molecular weight is 853 g/mol. The molecule has 1 atom stereocenters. The van der Waals surface area contributed by atoms with Crippen LogP contribution in [0.2, 0.25) is 0 Å². The first kappa shape index (κ1) is 44.4. The minimum Gasteiger partial charge on any atom is -0.338 e. The Morgan fingerprint density at radius 3 is 1.85 bits per heavy atom. The second-order valence-corrected chi connectivity index (χ2v) is 16.4. The number of hydrogen-bond donors (Lipinski definition) is 0. The fourth-order valence-corrected chi connectivity index (χ4v) is 8.34. The Bertz CT molecular complexity index is 2980. The molecule has 0 aliphatic heterocycles. The van der Waals surface area contributed by atoms with Crippen molar-refractivity contribution in [1.82, 2.24) is 0 Å². The molecule has 0 radical (unpaired) electrons. The summed E-state index contributed by atoms with van der Waals surface area (Å²) in [6, 6.07) is 53.8. The van der Waals surface area contributed by atoms with Crippen molar-refractivity contribution < 1.29 is 0 Å². The summed E-state index contributed by atoms with van der Waals surface area (Å²) < 4.78 is 0. The standard InChI is InChI=1S/C64H56N2/c1-5-6-7-19-46-65(61-40-36-57(37-41-61)54-20-11-8-12-21-54)51(4)30-32-59(47-52-31-33-56-24-17-18-25-60(56)48-52)50(3)29-28-49(2)53-34-42-63(43-35-53)66(62-26-15-10-16-27-62)64-44-38-58(39-45-64)55-22-13-9-14-23-55/h5-26,28-34,36-42,44-48,62H,1-4,27,35,43H2/b7-6-,29-28-,32-30-,46-19+,59-47-. The van der Waals surface area contributed by atoms with E-state index >= 15 is 0 Å². The number of rotatable bonds is 17. The molecule has 0 spiro atoms. The molecular formula is C64H56N2. The van der Waals surface area contributed by atoms with E-state index in [1.54, 1.807) is 6.08 Å². The Morgan fingerprint density at radius 1 is 0.561 bits per heavy atom. The maximum Gasteiger partial charge on any atom is 0.0556 e. The Morgan fingerprint density at radius 2 is 1.21 bits per heavy atom. The molecule has 0 heterocycles. The smallest absolute Gasteiger partial charge is 0.0556 e. The van der Waals surface area contributed by atoms with Crippen LogP contribution >= 0.6 is 0 Å². The van der Waals surface area contributed by atoms with Gasteiger partial charge in [-0.15, -0.1) is 0 Å². The molecular weight excluding hydrogens is 797 g/mol. The SMILES string of the molecule is C=C/C=C\C=C\N(C(=C)/C=C\C(=C\c1ccc2ccccc2c1)C(=C)/C=C\C(=C)C1=CC=C(N(c2ccc(-c3ccccc3)cc2)C2C=CC=CC2)CC1)c1ccc(-c2ccccc2)cc1. The largest absolute Gasteiger partial charge is 0.338 e. The highest BCUT2D eigenvalue weighted by Gasteiger charge is 2.23. The monoisotopic (exact) mass is 852 g/mol. The second kappa shape index (κ2) is 21.9. The molecule has 8 rings (SSSR count). The van der Waals surface area contributed by atoms with Crippen LogP contribution in [0.25, 0.3) is 39.1 Å². The van der Waals surface area contributed by atoms with Gasteiger partial charge in [0.1, 0.15) is 0 Å². The Labute approximate surface area is 392 Å². The van der Waals surface area contributed by atoms with Crippen LogP contribution in [0.5, 0.6) is 0 Å². The second-order valence-electron chi connectivity index (χ2n) is 16.4. The van der Waals surface area contributed by atoms with Crippen LogP contribution < -0.4 is 9.80 Å². The van der Waals surface area contributed by atoms with Gasteiger partial charge in [0.25, 0.3) is 0 Å². The molecule has 0 bridgehead atoms. The lowest BCUT2D eigenvalue weighted by Gasteiger charge is -2.36. The summed E-state index contributed by atoms with van der Waals surface area (Å²) in [6.45, 7) is 17.5. The highest BCUT2D eigenvalue weighted by atomic mass is 15.2. The topological polar surface area (TPSA) is 6.48 Å². The fourth-order valence-electron chi connectivity index (χ4n) is 8.34. The molecule has 6 aromatic carbocycles. The van der Waals surface area contributed by atoms with E-state index in [4.69, 9.17) is 0 Å². The molecule has 2 aliphatic carbocycles. The van der Waals surface area contributed by atoms with Crippen molar-refractivity contribution in [1.29, 1.82) is 0 Å². The summed E-state index contributed by atoms with van der Waals surface area (Å²) in [5.41, 5.74) is 14.2. The summed E-state index contributed by atoms with van der Waals surface area (Å²) in [5.74, 6) is 0. The van der Waals surface area contributed by atoms with Gasteiger partial charge in [-0.05, 0) is 135 Å². The fraction of sp³-hybridized carbons (Fsp3) is 0.0625. The Balaban J connectivity index is 1.04. The van der Waals surface area contributed by atoms with E-state index in [0.717, 1.165) is 58.5 Å². The lowest BCUT2D eigenvalue weighted by Crippen LogP contribution is -2.34. The van der Waals surface area contributed by atoms with E-state index in [-0.39, 0.29) is 6.04 Å². The molecule has 0 aromatic heterocycles.